The summed E-state index contributed by atoms with van der Waals surface area (Å²) in [7, 11) is 3.48. The first kappa shape index (κ1) is 20.7. The number of methoxy groups -OCH3 is 1. The molecule has 0 atom stereocenters. The van der Waals surface area contributed by atoms with Crippen molar-refractivity contribution in [2.45, 2.75) is 18.2 Å². The SMILES string of the molecule is COc1cccc(OCc2nnc(SCC(=O)NCCc3ccccc3)n2C)c1. The molecular weight excluding hydrogens is 388 g/mol. The summed E-state index contributed by atoms with van der Waals surface area (Å²) >= 11 is 1.35. The zero-order chi connectivity index (χ0) is 20.5. The number of thioether (sulfide) groups is 1. The first-order chi connectivity index (χ1) is 14.2. The molecule has 0 bridgehead atoms. The van der Waals surface area contributed by atoms with Crippen molar-refractivity contribution in [1.82, 2.24) is 20.1 Å². The zero-order valence-electron chi connectivity index (χ0n) is 16.5. The van der Waals surface area contributed by atoms with Crippen LogP contribution in [0.4, 0.5) is 0 Å². The van der Waals surface area contributed by atoms with Gasteiger partial charge in [0.2, 0.25) is 5.91 Å². The van der Waals surface area contributed by atoms with E-state index < -0.39 is 0 Å². The monoisotopic (exact) mass is 412 g/mol. The Labute approximate surface area is 174 Å². The van der Waals surface area contributed by atoms with Gasteiger partial charge in [0.05, 0.1) is 12.9 Å². The Balaban J connectivity index is 1.43. The highest BCUT2D eigenvalue weighted by atomic mass is 32.2. The Hall–Kier alpha value is -3.00. The number of nitrogens with one attached hydrogen (secondary N) is 1. The molecule has 152 valence electrons. The summed E-state index contributed by atoms with van der Waals surface area (Å²) < 4.78 is 12.8. The number of benzene rings is 2. The van der Waals surface area contributed by atoms with Crippen LogP contribution in [0.1, 0.15) is 11.4 Å². The van der Waals surface area contributed by atoms with Crippen molar-refractivity contribution in [3.05, 3.63) is 66.0 Å². The van der Waals surface area contributed by atoms with Gasteiger partial charge < -0.3 is 19.4 Å². The normalized spacial score (nSPS) is 10.6. The number of rotatable bonds is 10. The van der Waals surface area contributed by atoms with Gasteiger partial charge in [0, 0.05) is 19.7 Å². The lowest BCUT2D eigenvalue weighted by Crippen LogP contribution is -2.27. The van der Waals surface area contributed by atoms with Crippen LogP contribution in [0.2, 0.25) is 0 Å². The summed E-state index contributed by atoms with van der Waals surface area (Å²) in [4.78, 5) is 12.1. The van der Waals surface area contributed by atoms with E-state index in [1.165, 1.54) is 17.3 Å². The van der Waals surface area contributed by atoms with Crippen LogP contribution in [-0.2, 0) is 24.9 Å². The fraction of sp³-hybridized carbons (Fsp3) is 0.286. The van der Waals surface area contributed by atoms with E-state index in [2.05, 4.69) is 27.6 Å². The van der Waals surface area contributed by atoms with Gasteiger partial charge in [0.1, 0.15) is 18.1 Å². The van der Waals surface area contributed by atoms with Gasteiger partial charge in [-0.1, -0.05) is 48.2 Å². The summed E-state index contributed by atoms with van der Waals surface area (Å²) in [6.07, 6.45) is 0.812. The number of carbonyl (C=O) groups is 1. The number of hydrogen-bond acceptors (Lipinski definition) is 6. The van der Waals surface area contributed by atoms with Crippen LogP contribution in [0, 0.1) is 0 Å². The molecule has 2 aromatic carbocycles. The van der Waals surface area contributed by atoms with Crippen LogP contribution < -0.4 is 14.8 Å². The van der Waals surface area contributed by atoms with E-state index in [1.807, 2.05) is 54.1 Å². The Morgan fingerprint density at radius 2 is 1.90 bits per heavy atom. The van der Waals surface area contributed by atoms with Gasteiger partial charge in [-0.25, -0.2) is 0 Å². The van der Waals surface area contributed by atoms with Crippen molar-refractivity contribution >= 4 is 17.7 Å². The average molecular weight is 413 g/mol. The lowest BCUT2D eigenvalue weighted by atomic mass is 10.1. The van der Waals surface area contributed by atoms with Crippen LogP contribution in [0.3, 0.4) is 0 Å². The molecule has 1 N–H and O–H groups in total. The number of ether oxygens (including phenoxy) is 2. The maximum Gasteiger partial charge on any atom is 0.230 e. The maximum atomic E-state index is 12.1. The molecule has 1 heterocycles. The van der Waals surface area contributed by atoms with Crippen molar-refractivity contribution in [3.8, 4) is 11.5 Å². The number of nitrogens with zero attached hydrogens (tertiary/aromatic N) is 3. The van der Waals surface area contributed by atoms with E-state index in [-0.39, 0.29) is 18.3 Å². The van der Waals surface area contributed by atoms with Crippen LogP contribution in [0.15, 0.2) is 59.8 Å². The number of carbonyl (C=O) groups excluding carboxylic acids is 1. The molecule has 0 radical (unpaired) electrons. The zero-order valence-corrected chi connectivity index (χ0v) is 17.3. The highest BCUT2D eigenvalue weighted by Gasteiger charge is 2.12. The molecule has 0 aliphatic heterocycles. The van der Waals surface area contributed by atoms with Crippen LogP contribution in [0.5, 0.6) is 11.5 Å². The number of aromatic nitrogens is 3. The van der Waals surface area contributed by atoms with Crippen LogP contribution >= 0.6 is 11.8 Å². The minimum atomic E-state index is -0.0249. The molecule has 1 amide bonds. The Bertz CT molecular complexity index is 931. The summed E-state index contributed by atoms with van der Waals surface area (Å²) in [5.41, 5.74) is 1.20. The molecule has 7 nitrogen and oxygen atoms in total. The molecule has 3 rings (SSSR count). The topological polar surface area (TPSA) is 78.3 Å². The molecular formula is C21H24N4O3S. The summed E-state index contributed by atoms with van der Waals surface area (Å²) in [5.74, 6) is 2.37. The molecule has 0 saturated carbocycles. The Morgan fingerprint density at radius 1 is 1.10 bits per heavy atom. The van der Waals surface area contributed by atoms with Gasteiger partial charge in [-0.05, 0) is 24.1 Å². The second-order valence-electron chi connectivity index (χ2n) is 6.30. The average Bonchev–Trinajstić information content (AvgIpc) is 3.11. The fourth-order valence-corrected chi connectivity index (χ4v) is 3.37. The second kappa shape index (κ2) is 10.5. The molecule has 0 aliphatic carbocycles. The van der Waals surface area contributed by atoms with Crippen molar-refractivity contribution in [2.75, 3.05) is 19.4 Å². The molecule has 3 aromatic rings. The molecule has 0 spiro atoms. The number of hydrogen-bond donors (Lipinski definition) is 1. The molecule has 1 aromatic heterocycles. The van der Waals surface area contributed by atoms with Crippen molar-refractivity contribution < 1.29 is 14.3 Å². The number of amides is 1. The summed E-state index contributed by atoms with van der Waals surface area (Å²) in [6, 6.07) is 17.5. The van der Waals surface area contributed by atoms with Crippen molar-refractivity contribution in [2.24, 2.45) is 7.05 Å². The lowest BCUT2D eigenvalue weighted by molar-refractivity contribution is -0.118. The third kappa shape index (κ3) is 6.25. The van der Waals surface area contributed by atoms with Gasteiger partial charge in [-0.3, -0.25) is 4.79 Å². The minimum absolute atomic E-state index is 0.0249. The molecule has 29 heavy (non-hydrogen) atoms. The molecule has 0 saturated heterocycles. The quantitative estimate of drug-likeness (QED) is 0.516. The third-order valence-electron chi connectivity index (χ3n) is 4.25. The van der Waals surface area contributed by atoms with E-state index in [0.717, 1.165) is 12.2 Å². The van der Waals surface area contributed by atoms with Gasteiger partial charge in [0.15, 0.2) is 11.0 Å². The van der Waals surface area contributed by atoms with Crippen LogP contribution in [-0.4, -0.2) is 40.1 Å². The van der Waals surface area contributed by atoms with Crippen molar-refractivity contribution in [3.63, 3.8) is 0 Å². The van der Waals surface area contributed by atoms with E-state index in [1.54, 1.807) is 7.11 Å². The molecule has 0 fully saturated rings. The Morgan fingerprint density at radius 3 is 2.69 bits per heavy atom. The smallest absolute Gasteiger partial charge is 0.230 e. The first-order valence-electron chi connectivity index (χ1n) is 9.24. The summed E-state index contributed by atoms with van der Waals surface area (Å²) in [5, 5.41) is 11.9. The maximum absolute atomic E-state index is 12.1. The van der Waals surface area contributed by atoms with Gasteiger partial charge in [-0.15, -0.1) is 10.2 Å². The fourth-order valence-electron chi connectivity index (χ4n) is 2.61. The molecule has 0 unspecified atom stereocenters. The highest BCUT2D eigenvalue weighted by Crippen LogP contribution is 2.20. The summed E-state index contributed by atoms with van der Waals surface area (Å²) in [6.45, 7) is 0.891. The van der Waals surface area contributed by atoms with Gasteiger partial charge in [-0.2, -0.15) is 0 Å². The minimum Gasteiger partial charge on any atom is -0.497 e. The largest absolute Gasteiger partial charge is 0.497 e. The van der Waals surface area contributed by atoms with Crippen molar-refractivity contribution in [1.29, 1.82) is 0 Å². The lowest BCUT2D eigenvalue weighted by Gasteiger charge is -2.08. The third-order valence-corrected chi connectivity index (χ3v) is 5.27. The van der Waals surface area contributed by atoms with E-state index in [4.69, 9.17) is 9.47 Å². The first-order valence-corrected chi connectivity index (χ1v) is 10.2. The molecule has 0 aliphatic rings. The highest BCUT2D eigenvalue weighted by molar-refractivity contribution is 7.99. The van der Waals surface area contributed by atoms with Crippen LogP contribution in [0.25, 0.3) is 0 Å². The van der Waals surface area contributed by atoms with Gasteiger partial charge in [0.25, 0.3) is 0 Å². The molecule has 8 heteroatoms. The van der Waals surface area contributed by atoms with E-state index in [0.29, 0.717) is 23.3 Å². The van der Waals surface area contributed by atoms with E-state index >= 15 is 0 Å². The standard InChI is InChI=1S/C21H24N4O3S/c1-25-19(14-28-18-10-6-9-17(13-18)27-2)23-24-21(25)29-15-20(26)22-12-11-16-7-4-3-5-8-16/h3-10,13H,11-12,14-15H2,1-2H3,(H,22,26). The van der Waals surface area contributed by atoms with E-state index in [9.17, 15) is 4.79 Å². The Kier molecular flexibility index (Phi) is 7.52. The predicted molar refractivity (Wildman–Crippen MR) is 112 cm³/mol. The predicted octanol–water partition coefficient (Wildman–Crippen LogP) is 2.85. The van der Waals surface area contributed by atoms with Gasteiger partial charge >= 0.3 is 0 Å². The second-order valence-corrected chi connectivity index (χ2v) is 7.24.